The minimum Gasteiger partial charge on any atom is -0.390 e. The molecule has 1 aromatic carbocycles. The third-order valence-corrected chi connectivity index (χ3v) is 5.00. The molecule has 2 atom stereocenters. The number of carbonyl (C=O) groups excluding carboxylic acids is 1. The van der Waals surface area contributed by atoms with E-state index in [1.54, 1.807) is 0 Å². The molecule has 6 heteroatoms. The predicted octanol–water partition coefficient (Wildman–Crippen LogP) is 2.82. The molecule has 2 aromatic rings. The highest BCUT2D eigenvalue weighted by Gasteiger charge is 2.44. The van der Waals surface area contributed by atoms with E-state index in [0.29, 0.717) is 18.8 Å². The van der Waals surface area contributed by atoms with Crippen LogP contribution in [0.4, 0.5) is 0 Å². The molecule has 2 aliphatic rings. The van der Waals surface area contributed by atoms with Crippen LogP contribution in [0.15, 0.2) is 41.6 Å². The van der Waals surface area contributed by atoms with Gasteiger partial charge in [-0.2, -0.15) is 5.10 Å². The summed E-state index contributed by atoms with van der Waals surface area (Å²) in [6.45, 7) is 9.38. The summed E-state index contributed by atoms with van der Waals surface area (Å²) in [7, 11) is 0. The zero-order valence-corrected chi connectivity index (χ0v) is 15.6. The lowest BCUT2D eigenvalue weighted by atomic mass is 9.95. The van der Waals surface area contributed by atoms with Crippen LogP contribution in [0.5, 0.6) is 0 Å². The molecule has 1 aromatic heterocycles. The predicted molar refractivity (Wildman–Crippen MR) is 99.2 cm³/mol. The van der Waals surface area contributed by atoms with Crippen LogP contribution in [0.3, 0.4) is 0 Å². The second-order valence-corrected chi connectivity index (χ2v) is 8.06. The molecule has 0 saturated carbocycles. The number of aromatic nitrogens is 2. The number of hydrogen-bond acceptors (Lipinski definition) is 4. The molecule has 1 fully saturated rings. The van der Waals surface area contributed by atoms with Gasteiger partial charge < -0.3 is 9.74 Å². The van der Waals surface area contributed by atoms with Crippen molar-refractivity contribution in [1.82, 2.24) is 14.7 Å². The number of likely N-dealkylation sites (tertiary alicyclic amines) is 1. The molecule has 1 amide bonds. The molecule has 2 aliphatic heterocycles. The van der Waals surface area contributed by atoms with Gasteiger partial charge in [0.2, 0.25) is 0 Å². The Labute approximate surface area is 153 Å². The van der Waals surface area contributed by atoms with E-state index in [-0.39, 0.29) is 23.5 Å². The Kier molecular flexibility index (Phi) is 3.86. The topological polar surface area (TPSA) is 59.7 Å². The van der Waals surface area contributed by atoms with Crippen molar-refractivity contribution in [3.8, 4) is 0 Å². The molecule has 26 heavy (non-hydrogen) atoms. The summed E-state index contributed by atoms with van der Waals surface area (Å²) < 4.78 is 1.91. The van der Waals surface area contributed by atoms with E-state index in [4.69, 9.17) is 4.84 Å². The van der Waals surface area contributed by atoms with Crippen molar-refractivity contribution >= 4 is 11.6 Å². The molecule has 136 valence electrons. The first-order valence-electron chi connectivity index (χ1n) is 9.00. The summed E-state index contributed by atoms with van der Waals surface area (Å²) in [5, 5.41) is 8.82. The van der Waals surface area contributed by atoms with Crippen LogP contribution < -0.4 is 0 Å². The number of aryl methyl sites for hydroxylation is 1. The first-order valence-corrected chi connectivity index (χ1v) is 9.00. The molecule has 0 spiro atoms. The van der Waals surface area contributed by atoms with Gasteiger partial charge in [-0.05, 0) is 39.3 Å². The smallest absolute Gasteiger partial charge is 0.274 e. The van der Waals surface area contributed by atoms with Crippen LogP contribution in [-0.4, -0.2) is 45.5 Å². The monoisotopic (exact) mass is 352 g/mol. The van der Waals surface area contributed by atoms with Crippen molar-refractivity contribution < 1.29 is 9.63 Å². The van der Waals surface area contributed by atoms with Crippen LogP contribution in [0.1, 0.15) is 42.5 Å². The van der Waals surface area contributed by atoms with Crippen molar-refractivity contribution in [2.75, 3.05) is 13.1 Å². The third-order valence-electron chi connectivity index (χ3n) is 5.00. The average Bonchev–Trinajstić information content (AvgIpc) is 3.27. The molecule has 0 N–H and O–H groups in total. The molecule has 0 aliphatic carbocycles. The van der Waals surface area contributed by atoms with E-state index < -0.39 is 0 Å². The van der Waals surface area contributed by atoms with Crippen molar-refractivity contribution in [2.45, 2.75) is 39.3 Å². The minimum absolute atomic E-state index is 0.0403. The van der Waals surface area contributed by atoms with E-state index in [9.17, 15) is 4.79 Å². The Morgan fingerprint density at radius 2 is 1.92 bits per heavy atom. The maximum Gasteiger partial charge on any atom is 0.274 e. The SMILES string of the molecule is Cc1cc(C(=O)N2CC3ON=C(c4ccccc4)C3C2)nn1C(C)(C)C. The zero-order chi connectivity index (χ0) is 18.5. The number of nitrogens with zero attached hydrogens (tertiary/aromatic N) is 4. The molecule has 2 unspecified atom stereocenters. The highest BCUT2D eigenvalue weighted by molar-refractivity contribution is 6.04. The summed E-state index contributed by atoms with van der Waals surface area (Å²) in [6.07, 6.45) is -0.0695. The number of rotatable bonds is 2. The quantitative estimate of drug-likeness (QED) is 0.835. The van der Waals surface area contributed by atoms with E-state index in [1.807, 2.05) is 52.9 Å². The van der Waals surface area contributed by atoms with Crippen molar-refractivity contribution in [1.29, 1.82) is 0 Å². The lowest BCUT2D eigenvalue weighted by Crippen LogP contribution is -2.31. The summed E-state index contributed by atoms with van der Waals surface area (Å²) in [5.41, 5.74) is 3.32. The van der Waals surface area contributed by atoms with Gasteiger partial charge in [-0.25, -0.2) is 0 Å². The molecule has 0 bridgehead atoms. The van der Waals surface area contributed by atoms with Gasteiger partial charge in [0.1, 0.15) is 0 Å². The molecular formula is C20H24N4O2. The Bertz CT molecular complexity index is 864. The first kappa shape index (κ1) is 16.8. The number of amides is 1. The lowest BCUT2D eigenvalue weighted by Gasteiger charge is -2.21. The molecule has 0 radical (unpaired) electrons. The van der Waals surface area contributed by atoms with Crippen molar-refractivity contribution in [3.63, 3.8) is 0 Å². The van der Waals surface area contributed by atoms with Gasteiger partial charge in [0, 0.05) is 12.2 Å². The Hall–Kier alpha value is -2.63. The summed E-state index contributed by atoms with van der Waals surface area (Å²) in [4.78, 5) is 20.4. The largest absolute Gasteiger partial charge is 0.390 e. The lowest BCUT2D eigenvalue weighted by molar-refractivity contribution is 0.0627. The normalized spacial score (nSPS) is 22.2. The van der Waals surface area contributed by atoms with Gasteiger partial charge in [0.25, 0.3) is 5.91 Å². The minimum atomic E-state index is -0.152. The fourth-order valence-corrected chi connectivity index (χ4v) is 3.80. The van der Waals surface area contributed by atoms with Gasteiger partial charge in [-0.15, -0.1) is 0 Å². The summed E-state index contributed by atoms with van der Waals surface area (Å²) in [6, 6.07) is 11.9. The third kappa shape index (κ3) is 2.79. The zero-order valence-electron chi connectivity index (χ0n) is 15.6. The van der Waals surface area contributed by atoms with E-state index in [2.05, 4.69) is 31.0 Å². The fraction of sp³-hybridized carbons (Fsp3) is 0.450. The number of hydrogen-bond donors (Lipinski definition) is 0. The average molecular weight is 352 g/mol. The first-order chi connectivity index (χ1) is 12.3. The van der Waals surface area contributed by atoms with Gasteiger partial charge in [0.15, 0.2) is 11.8 Å². The number of benzene rings is 1. The second-order valence-electron chi connectivity index (χ2n) is 8.06. The van der Waals surface area contributed by atoms with Crippen LogP contribution in [0, 0.1) is 12.8 Å². The highest BCUT2D eigenvalue weighted by Crippen LogP contribution is 2.31. The summed E-state index contributed by atoms with van der Waals surface area (Å²) >= 11 is 0. The van der Waals surface area contributed by atoms with Gasteiger partial charge in [-0.3, -0.25) is 9.48 Å². The van der Waals surface area contributed by atoms with Crippen LogP contribution in [-0.2, 0) is 10.4 Å². The molecule has 3 heterocycles. The van der Waals surface area contributed by atoms with Gasteiger partial charge in [0.05, 0.1) is 23.7 Å². The maximum atomic E-state index is 13.0. The Morgan fingerprint density at radius 3 is 2.58 bits per heavy atom. The van der Waals surface area contributed by atoms with Crippen molar-refractivity contribution in [2.24, 2.45) is 11.1 Å². The van der Waals surface area contributed by atoms with Crippen LogP contribution >= 0.6 is 0 Å². The fourth-order valence-electron chi connectivity index (χ4n) is 3.80. The van der Waals surface area contributed by atoms with Crippen molar-refractivity contribution in [3.05, 3.63) is 53.3 Å². The molecule has 6 nitrogen and oxygen atoms in total. The van der Waals surface area contributed by atoms with E-state index in [0.717, 1.165) is 17.0 Å². The number of oxime groups is 1. The second kappa shape index (κ2) is 5.97. The molecule has 1 saturated heterocycles. The van der Waals surface area contributed by atoms with Gasteiger partial charge in [-0.1, -0.05) is 35.5 Å². The van der Waals surface area contributed by atoms with E-state index >= 15 is 0 Å². The maximum absolute atomic E-state index is 13.0. The van der Waals surface area contributed by atoms with Crippen LogP contribution in [0.25, 0.3) is 0 Å². The Balaban J connectivity index is 1.53. The standard InChI is InChI=1S/C20H24N4O2/c1-13-10-16(21-24(13)20(2,3)4)19(25)23-11-15-17(12-23)26-22-18(15)14-8-6-5-7-9-14/h5-10,15,17H,11-12H2,1-4H3. The highest BCUT2D eigenvalue weighted by atomic mass is 16.6. The molecular weight excluding hydrogens is 328 g/mol. The summed E-state index contributed by atoms with van der Waals surface area (Å²) in [5.74, 6) is 0.0775. The van der Waals surface area contributed by atoms with Gasteiger partial charge >= 0.3 is 0 Å². The van der Waals surface area contributed by atoms with Crippen LogP contribution in [0.2, 0.25) is 0 Å². The number of carbonyl (C=O) groups is 1. The molecule has 4 rings (SSSR count). The number of fused-ring (bicyclic) bond motifs is 1. The van der Waals surface area contributed by atoms with E-state index in [1.165, 1.54) is 0 Å². The Morgan fingerprint density at radius 1 is 1.19 bits per heavy atom.